The molecule has 1 saturated heterocycles. The lowest BCUT2D eigenvalue weighted by Gasteiger charge is -2.37. The molecule has 4 rings (SSSR count). The quantitative estimate of drug-likeness (QED) is 0.785. The molecule has 0 bridgehead atoms. The highest BCUT2D eigenvalue weighted by molar-refractivity contribution is 7.17. The largest absolute Gasteiger partial charge is 0.492 e. The maximum Gasteiger partial charge on any atom is 0.230 e. The number of fused-ring (bicyclic) bond motifs is 1. The number of benzene rings is 1. The molecule has 1 aliphatic heterocycles. The Morgan fingerprint density at radius 1 is 1.17 bits per heavy atom. The molecule has 1 N–H and O–H groups in total. The second-order valence-corrected chi connectivity index (χ2v) is 7.05. The van der Waals surface area contributed by atoms with E-state index in [4.69, 9.17) is 0 Å². The molecule has 0 saturated carbocycles. The van der Waals surface area contributed by atoms with Gasteiger partial charge >= 0.3 is 0 Å². The number of hydrogen-bond acceptors (Lipinski definition) is 6. The fourth-order valence-corrected chi connectivity index (χ4v) is 4.22. The third-order valence-corrected chi connectivity index (χ3v) is 5.56. The molecule has 126 valence electrons. The van der Waals surface area contributed by atoms with Crippen molar-refractivity contribution in [3.05, 3.63) is 46.9 Å². The summed E-state index contributed by atoms with van der Waals surface area (Å²) in [4.78, 5) is 10.2. The van der Waals surface area contributed by atoms with Crippen LogP contribution >= 0.6 is 11.3 Å². The van der Waals surface area contributed by atoms with Gasteiger partial charge in [-0.25, -0.2) is 9.37 Å². The Morgan fingerprint density at radius 2 is 1.88 bits per heavy atom. The number of hydrogen-bond donors (Lipinski definition) is 1. The lowest BCUT2D eigenvalue weighted by molar-refractivity contribution is 0.127. The van der Waals surface area contributed by atoms with Crippen molar-refractivity contribution in [2.45, 2.75) is 6.04 Å². The summed E-state index contributed by atoms with van der Waals surface area (Å²) in [5, 5.41) is 14.7. The molecule has 0 spiro atoms. The highest BCUT2D eigenvalue weighted by Gasteiger charge is 2.30. The van der Waals surface area contributed by atoms with Crippen LogP contribution < -0.4 is 0 Å². The molecule has 2 aromatic heterocycles. The van der Waals surface area contributed by atoms with Crippen LogP contribution in [0.15, 0.2) is 30.6 Å². The number of aromatic nitrogens is 3. The van der Waals surface area contributed by atoms with E-state index >= 15 is 0 Å². The van der Waals surface area contributed by atoms with Crippen LogP contribution in [0.4, 0.5) is 4.39 Å². The second-order valence-electron chi connectivity index (χ2n) is 6.04. The minimum atomic E-state index is -0.261. The van der Waals surface area contributed by atoms with Gasteiger partial charge in [0, 0.05) is 26.2 Å². The van der Waals surface area contributed by atoms with Gasteiger partial charge in [0.1, 0.15) is 12.1 Å². The van der Waals surface area contributed by atoms with E-state index in [0.717, 1.165) is 36.6 Å². The standard InChI is InChI=1S/C16H18FN5OS/c1-20-6-8-21(9-7-20)13(11-2-4-12(17)5-3-11)14-15(23)22-16(24-14)18-10-19-22/h2-5,10,13,23H,6-9H2,1H3/t13-/m0/s1. The summed E-state index contributed by atoms with van der Waals surface area (Å²) < 4.78 is 14.8. The van der Waals surface area contributed by atoms with Gasteiger partial charge < -0.3 is 10.0 Å². The summed E-state index contributed by atoms with van der Waals surface area (Å²) >= 11 is 1.42. The molecule has 8 heteroatoms. The smallest absolute Gasteiger partial charge is 0.230 e. The summed E-state index contributed by atoms with van der Waals surface area (Å²) in [7, 11) is 2.10. The number of rotatable bonds is 3. The Kier molecular flexibility index (Phi) is 3.95. The van der Waals surface area contributed by atoms with Crippen molar-refractivity contribution in [1.29, 1.82) is 0 Å². The van der Waals surface area contributed by atoms with Gasteiger partial charge in [0.05, 0.1) is 10.9 Å². The first-order valence-corrected chi connectivity index (χ1v) is 8.64. The minimum Gasteiger partial charge on any atom is -0.492 e. The predicted octanol–water partition coefficient (Wildman–Crippen LogP) is 1.97. The summed E-state index contributed by atoms with van der Waals surface area (Å²) in [6, 6.07) is 6.37. The Bertz CT molecular complexity index is 838. The maximum atomic E-state index is 13.4. The molecule has 6 nitrogen and oxygen atoms in total. The number of piperazine rings is 1. The van der Waals surface area contributed by atoms with E-state index in [1.807, 2.05) is 0 Å². The Labute approximate surface area is 142 Å². The third-order valence-electron chi connectivity index (χ3n) is 4.48. The van der Waals surface area contributed by atoms with Gasteiger partial charge in [-0.2, -0.15) is 9.61 Å². The average molecular weight is 347 g/mol. The molecule has 3 aromatic rings. The first-order chi connectivity index (χ1) is 11.6. The topological polar surface area (TPSA) is 56.9 Å². The van der Waals surface area contributed by atoms with Crippen LogP contribution in [-0.2, 0) is 0 Å². The number of nitrogens with zero attached hydrogens (tertiary/aromatic N) is 5. The predicted molar refractivity (Wildman–Crippen MR) is 89.8 cm³/mol. The zero-order valence-corrected chi connectivity index (χ0v) is 14.1. The lowest BCUT2D eigenvalue weighted by Crippen LogP contribution is -2.46. The fraction of sp³-hybridized carbons (Fsp3) is 0.375. The van der Waals surface area contributed by atoms with E-state index in [-0.39, 0.29) is 17.7 Å². The van der Waals surface area contributed by atoms with Crippen LogP contribution in [0.1, 0.15) is 16.5 Å². The summed E-state index contributed by atoms with van der Waals surface area (Å²) in [5.74, 6) is -0.150. The first-order valence-electron chi connectivity index (χ1n) is 7.83. The van der Waals surface area contributed by atoms with Crippen molar-refractivity contribution in [1.82, 2.24) is 24.4 Å². The molecule has 0 amide bonds. The van der Waals surface area contributed by atoms with Crippen molar-refractivity contribution < 1.29 is 9.50 Å². The van der Waals surface area contributed by atoms with Crippen molar-refractivity contribution in [3.63, 3.8) is 0 Å². The highest BCUT2D eigenvalue weighted by Crippen LogP contribution is 2.39. The van der Waals surface area contributed by atoms with Crippen LogP contribution in [0.2, 0.25) is 0 Å². The highest BCUT2D eigenvalue weighted by atomic mass is 32.1. The zero-order chi connectivity index (χ0) is 16.7. The monoisotopic (exact) mass is 347 g/mol. The molecule has 1 aliphatic rings. The van der Waals surface area contributed by atoms with Gasteiger partial charge in [-0.1, -0.05) is 23.5 Å². The van der Waals surface area contributed by atoms with Gasteiger partial charge in [-0.3, -0.25) is 4.90 Å². The van der Waals surface area contributed by atoms with Crippen LogP contribution in [0, 0.1) is 5.82 Å². The zero-order valence-electron chi connectivity index (χ0n) is 13.3. The van der Waals surface area contributed by atoms with Crippen molar-refractivity contribution in [3.8, 4) is 5.88 Å². The van der Waals surface area contributed by atoms with E-state index in [0.29, 0.717) is 4.96 Å². The van der Waals surface area contributed by atoms with Gasteiger partial charge in [-0.15, -0.1) is 0 Å². The maximum absolute atomic E-state index is 13.4. The first kappa shape index (κ1) is 15.5. The summed E-state index contributed by atoms with van der Waals surface area (Å²) in [5.41, 5.74) is 0.959. The van der Waals surface area contributed by atoms with Gasteiger partial charge in [-0.05, 0) is 24.7 Å². The van der Waals surface area contributed by atoms with E-state index in [1.165, 1.54) is 34.3 Å². The van der Waals surface area contributed by atoms with Crippen LogP contribution in [0.25, 0.3) is 4.96 Å². The lowest BCUT2D eigenvalue weighted by atomic mass is 10.0. The Balaban J connectivity index is 1.78. The number of likely N-dealkylation sites (N-methyl/N-ethyl adjacent to an activating group) is 1. The molecule has 0 radical (unpaired) electrons. The molecular weight excluding hydrogens is 329 g/mol. The molecule has 1 atom stereocenters. The van der Waals surface area contributed by atoms with Crippen LogP contribution in [-0.4, -0.2) is 62.7 Å². The number of thiazole rings is 1. The third kappa shape index (κ3) is 2.66. The van der Waals surface area contributed by atoms with E-state index < -0.39 is 0 Å². The van der Waals surface area contributed by atoms with Crippen LogP contribution in [0.3, 0.4) is 0 Å². The van der Waals surface area contributed by atoms with Crippen LogP contribution in [0.5, 0.6) is 5.88 Å². The Morgan fingerprint density at radius 3 is 2.54 bits per heavy atom. The average Bonchev–Trinajstić information content (AvgIpc) is 3.15. The summed E-state index contributed by atoms with van der Waals surface area (Å²) in [6.45, 7) is 3.68. The molecule has 3 heterocycles. The van der Waals surface area contributed by atoms with Gasteiger partial charge in [0.25, 0.3) is 0 Å². The molecule has 1 fully saturated rings. The molecule has 0 aliphatic carbocycles. The number of aromatic hydroxyl groups is 1. The minimum absolute atomic E-state index is 0.112. The SMILES string of the molecule is CN1CCN([C@@H](c2ccc(F)cc2)c2sc3ncnn3c2O)CC1. The second kappa shape index (κ2) is 6.12. The van der Waals surface area contributed by atoms with E-state index in [1.54, 1.807) is 12.1 Å². The Hall–Kier alpha value is -2.03. The molecule has 24 heavy (non-hydrogen) atoms. The normalized spacial score (nSPS) is 18.2. The summed E-state index contributed by atoms with van der Waals surface area (Å²) in [6.07, 6.45) is 1.43. The van der Waals surface area contributed by atoms with Crippen molar-refractivity contribution >= 4 is 16.3 Å². The van der Waals surface area contributed by atoms with E-state index in [2.05, 4.69) is 26.9 Å². The fourth-order valence-electron chi connectivity index (χ4n) is 3.13. The molecular formula is C16H18FN5OS. The number of halogens is 1. The van der Waals surface area contributed by atoms with Gasteiger partial charge in [0.2, 0.25) is 10.8 Å². The van der Waals surface area contributed by atoms with Gasteiger partial charge in [0.15, 0.2) is 0 Å². The molecule has 1 aromatic carbocycles. The van der Waals surface area contributed by atoms with Crippen molar-refractivity contribution in [2.75, 3.05) is 33.2 Å². The molecule has 0 unspecified atom stereocenters. The van der Waals surface area contributed by atoms with E-state index in [9.17, 15) is 9.50 Å². The van der Waals surface area contributed by atoms with Crippen molar-refractivity contribution in [2.24, 2.45) is 0 Å².